The molecule has 0 saturated heterocycles. The Morgan fingerprint density at radius 1 is 0.609 bits per heavy atom. The summed E-state index contributed by atoms with van der Waals surface area (Å²) < 4.78 is 13.2. The van der Waals surface area contributed by atoms with Crippen molar-refractivity contribution < 1.29 is 30.4 Å². The Hall–Kier alpha value is -6.55. The number of benzene rings is 7. The van der Waals surface area contributed by atoms with E-state index < -0.39 is 0 Å². The van der Waals surface area contributed by atoms with E-state index in [-0.39, 0.29) is 31.9 Å². The molecule has 3 heterocycles. The summed E-state index contributed by atoms with van der Waals surface area (Å²) in [4.78, 5) is 4.96. The van der Waals surface area contributed by atoms with Crippen molar-refractivity contribution in [2.45, 2.75) is 59.8 Å². The molecule has 1 unspecified atom stereocenters. The van der Waals surface area contributed by atoms with E-state index in [9.17, 15) is 0 Å². The number of fused-ring (bicyclic) bond motifs is 4. The molecule has 1 atom stereocenters. The van der Waals surface area contributed by atoms with Crippen LogP contribution < -0.4 is 9.30 Å². The van der Waals surface area contributed by atoms with Gasteiger partial charge in [0.1, 0.15) is 5.82 Å². The second kappa shape index (κ2) is 16.9. The standard InChI is InChI=1S/C58H50N4O.Pt/c1-39(57(2,3)4)42-32-33-59-55(34-42)62-51-31-28-43(58(5,6)7)35-50(51)49-30-29-46(37-54(49)62)63-45-23-16-22-44(36-45)60-38-61(53-27-15-14-26-52(53)60)56-47(40-18-10-8-11-19-40)24-17-25-48(56)41-20-12-9-13-21-41;/h8-35,39H,1-7H3;/q-2;. The van der Waals surface area contributed by atoms with Crippen LogP contribution in [0.5, 0.6) is 11.5 Å². The Bertz CT molecular complexity index is 3240. The zero-order valence-corrected chi connectivity index (χ0v) is 39.5. The van der Waals surface area contributed by atoms with Crippen molar-refractivity contribution in [2.75, 3.05) is 0 Å². The van der Waals surface area contributed by atoms with Crippen LogP contribution in [0.1, 0.15) is 65.5 Å². The van der Waals surface area contributed by atoms with Gasteiger partial charge in [-0.25, -0.2) is 4.98 Å². The third kappa shape index (κ3) is 7.88. The number of pyridine rings is 1. The first-order valence-corrected chi connectivity index (χ1v) is 21.8. The molecular formula is C58H50N4OPt-2. The summed E-state index contributed by atoms with van der Waals surface area (Å²) in [5.74, 6) is 2.36. The molecule has 0 fully saturated rings. The topological polar surface area (TPSA) is 35.9 Å². The van der Waals surface area contributed by atoms with Gasteiger partial charge in [-0.3, -0.25) is 4.57 Å². The van der Waals surface area contributed by atoms with Gasteiger partial charge in [0.2, 0.25) is 0 Å². The number of aromatic nitrogens is 4. The Balaban J connectivity index is 0.00000518. The van der Waals surface area contributed by atoms with E-state index in [4.69, 9.17) is 9.72 Å². The molecule has 7 aromatic carbocycles. The monoisotopic (exact) mass is 1010 g/mol. The third-order valence-electron chi connectivity index (χ3n) is 12.5. The molecule has 10 rings (SSSR count). The van der Waals surface area contributed by atoms with Crippen molar-refractivity contribution in [2.24, 2.45) is 5.41 Å². The maximum Gasteiger partial charge on any atom is 0.268 e. The molecule has 0 amide bonds. The van der Waals surface area contributed by atoms with E-state index in [0.29, 0.717) is 17.4 Å². The van der Waals surface area contributed by atoms with Crippen LogP contribution in [0, 0.1) is 23.9 Å². The SMILES string of the molecule is CC(c1ccnc(-n2c3[c-]c(Oc4[c-]c(-n5[c-][n+](-c6c(-c7ccccc7)cccc6-c6ccccc6)c6ccccc65)ccc4)ccc3c3cc(C(C)(C)C)ccc32)c1)C(C)(C)C.[Pt]. The van der Waals surface area contributed by atoms with Crippen molar-refractivity contribution >= 4 is 32.8 Å². The van der Waals surface area contributed by atoms with Crippen LogP contribution in [-0.2, 0) is 26.5 Å². The number of para-hydroxylation sites is 3. The fourth-order valence-electron chi connectivity index (χ4n) is 8.65. The van der Waals surface area contributed by atoms with E-state index in [1.807, 2.05) is 24.4 Å². The van der Waals surface area contributed by atoms with Gasteiger partial charge in [0.25, 0.3) is 6.33 Å². The fraction of sp³-hybridized carbons (Fsp3) is 0.172. The molecule has 320 valence electrons. The number of rotatable bonds is 8. The van der Waals surface area contributed by atoms with Gasteiger partial charge in [-0.1, -0.05) is 169 Å². The van der Waals surface area contributed by atoms with E-state index in [1.165, 1.54) is 11.1 Å². The molecule has 10 aromatic rings. The van der Waals surface area contributed by atoms with Crippen molar-refractivity contribution in [3.8, 4) is 50.9 Å². The number of hydrogen-bond donors (Lipinski definition) is 0. The Morgan fingerprint density at radius 3 is 1.95 bits per heavy atom. The van der Waals surface area contributed by atoms with Crippen molar-refractivity contribution in [3.05, 3.63) is 200 Å². The maximum absolute atomic E-state index is 6.70. The molecule has 0 saturated carbocycles. The van der Waals surface area contributed by atoms with Crippen LogP contribution >= 0.6 is 0 Å². The molecule has 0 aliphatic carbocycles. The minimum absolute atomic E-state index is 0. The summed E-state index contributed by atoms with van der Waals surface area (Å²) in [6.45, 7) is 15.9. The van der Waals surface area contributed by atoms with Crippen molar-refractivity contribution in [3.63, 3.8) is 0 Å². The van der Waals surface area contributed by atoms with Crippen LogP contribution in [0.4, 0.5) is 0 Å². The minimum Gasteiger partial charge on any atom is -0.510 e. The molecular weight excluding hydrogens is 964 g/mol. The Labute approximate surface area is 390 Å². The molecule has 0 spiro atoms. The normalized spacial score (nSPS) is 12.4. The van der Waals surface area contributed by atoms with Crippen LogP contribution in [0.2, 0.25) is 0 Å². The van der Waals surface area contributed by atoms with Gasteiger partial charge in [0.15, 0.2) is 0 Å². The average Bonchev–Trinajstić information content (AvgIpc) is 3.84. The minimum atomic E-state index is -0.00621. The average molecular weight is 1010 g/mol. The van der Waals surface area contributed by atoms with Gasteiger partial charge in [0, 0.05) is 44.3 Å². The quantitative estimate of drug-likeness (QED) is 0.112. The summed E-state index contributed by atoms with van der Waals surface area (Å²) in [6, 6.07) is 64.7. The molecule has 5 nitrogen and oxygen atoms in total. The molecule has 3 aromatic heterocycles. The van der Waals surface area contributed by atoms with Crippen LogP contribution in [0.3, 0.4) is 0 Å². The van der Waals surface area contributed by atoms with E-state index in [2.05, 4.69) is 226 Å². The summed E-state index contributed by atoms with van der Waals surface area (Å²) in [6.07, 6.45) is 5.70. The van der Waals surface area contributed by atoms with E-state index in [0.717, 1.165) is 72.3 Å². The summed E-state index contributed by atoms with van der Waals surface area (Å²) in [5.41, 5.74) is 13.0. The second-order valence-corrected chi connectivity index (χ2v) is 18.6. The molecule has 64 heavy (non-hydrogen) atoms. The maximum atomic E-state index is 6.70. The van der Waals surface area contributed by atoms with Gasteiger partial charge in [-0.2, -0.15) is 18.2 Å². The number of hydrogen-bond acceptors (Lipinski definition) is 2. The predicted molar refractivity (Wildman–Crippen MR) is 257 cm³/mol. The first-order chi connectivity index (χ1) is 30.4. The van der Waals surface area contributed by atoms with Crippen molar-refractivity contribution in [1.82, 2.24) is 14.1 Å². The summed E-state index contributed by atoms with van der Waals surface area (Å²) in [5, 5.41) is 2.26. The zero-order chi connectivity index (χ0) is 43.5. The smallest absolute Gasteiger partial charge is 0.268 e. The number of ether oxygens (including phenoxy) is 1. The van der Waals surface area contributed by atoms with Gasteiger partial charge in [-0.15, -0.1) is 29.7 Å². The van der Waals surface area contributed by atoms with Crippen LogP contribution in [0.15, 0.2) is 170 Å². The molecule has 6 heteroatoms. The van der Waals surface area contributed by atoms with Gasteiger partial charge >= 0.3 is 0 Å². The number of imidazole rings is 1. The van der Waals surface area contributed by atoms with Gasteiger partial charge in [-0.05, 0) is 79.4 Å². The van der Waals surface area contributed by atoms with Gasteiger partial charge < -0.3 is 13.9 Å². The predicted octanol–water partition coefficient (Wildman–Crippen LogP) is 14.4. The van der Waals surface area contributed by atoms with E-state index in [1.54, 1.807) is 0 Å². The second-order valence-electron chi connectivity index (χ2n) is 18.6. The molecule has 0 N–H and O–H groups in total. The largest absolute Gasteiger partial charge is 0.510 e. The first-order valence-electron chi connectivity index (χ1n) is 21.8. The first kappa shape index (κ1) is 42.7. The fourth-order valence-corrected chi connectivity index (χ4v) is 8.65. The molecule has 0 aliphatic heterocycles. The number of nitrogens with zero attached hydrogens (tertiary/aromatic N) is 4. The Kier molecular flexibility index (Phi) is 11.3. The molecule has 0 aliphatic rings. The van der Waals surface area contributed by atoms with Crippen LogP contribution in [0.25, 0.3) is 72.3 Å². The third-order valence-corrected chi connectivity index (χ3v) is 12.5. The van der Waals surface area contributed by atoms with Crippen molar-refractivity contribution in [1.29, 1.82) is 0 Å². The summed E-state index contributed by atoms with van der Waals surface area (Å²) >= 11 is 0. The molecule has 0 radical (unpaired) electrons. The summed E-state index contributed by atoms with van der Waals surface area (Å²) in [7, 11) is 0. The Morgan fingerprint density at radius 2 is 1.27 bits per heavy atom. The van der Waals surface area contributed by atoms with E-state index >= 15 is 0 Å². The molecule has 0 bridgehead atoms. The van der Waals surface area contributed by atoms with Crippen LogP contribution in [-0.4, -0.2) is 14.1 Å². The zero-order valence-electron chi connectivity index (χ0n) is 37.3. The van der Waals surface area contributed by atoms with Gasteiger partial charge in [0.05, 0.1) is 16.7 Å².